The van der Waals surface area contributed by atoms with Crippen LogP contribution in [-0.2, 0) is 70.7 Å². The highest BCUT2D eigenvalue weighted by Crippen LogP contribution is 2.28. The highest BCUT2D eigenvalue weighted by molar-refractivity contribution is 6.84. The summed E-state index contributed by atoms with van der Waals surface area (Å²) in [5, 5.41) is 9.98. The van der Waals surface area contributed by atoms with Gasteiger partial charge >= 0.3 is 48.3 Å². The molecule has 0 aromatic heterocycles. The summed E-state index contributed by atoms with van der Waals surface area (Å²) in [6.45, 7) is 25.4. The van der Waals surface area contributed by atoms with Gasteiger partial charge in [-0.2, -0.15) is 0 Å². The Bertz CT molecular complexity index is 1510. The monoisotopic (exact) mass is 1050 g/mol. The van der Waals surface area contributed by atoms with Crippen molar-refractivity contribution in [2.45, 2.75) is 77.8 Å². The van der Waals surface area contributed by atoms with Gasteiger partial charge in [0.25, 0.3) is 0 Å². The SMILES string of the molecule is C=CC(=O)OCCNC(=O)OCC(CC)(COCCC[Si](C)(C)O[Si](C)(C)CCCOCC(CC)(COC(=O)NCCOC(=O)C=C)COC(=O)NCCOC(=O)C=C)COC(=O)NCCOC(=O)C=C. The van der Waals surface area contributed by atoms with Gasteiger partial charge in [0.05, 0.1) is 50.2 Å². The first-order valence-corrected chi connectivity index (χ1v) is 29.5. The van der Waals surface area contributed by atoms with Crippen molar-refractivity contribution in [1.82, 2.24) is 21.3 Å². The minimum atomic E-state index is -2.20. The summed E-state index contributed by atoms with van der Waals surface area (Å²) >= 11 is 0. The molecule has 404 valence electrons. The molecule has 0 aliphatic rings. The van der Waals surface area contributed by atoms with E-state index >= 15 is 0 Å². The maximum Gasteiger partial charge on any atom is 0.407 e. The number of nitrogens with one attached hydrogen (secondary N) is 4. The molecule has 25 heteroatoms. The highest BCUT2D eigenvalue weighted by atomic mass is 28.4. The number of hydrogen-bond donors (Lipinski definition) is 4. The number of alkyl carbamates (subject to hydrolysis) is 4. The van der Waals surface area contributed by atoms with Crippen LogP contribution in [0, 0.1) is 10.8 Å². The Morgan fingerprint density at radius 2 is 0.662 bits per heavy atom. The van der Waals surface area contributed by atoms with Gasteiger partial charge < -0.3 is 72.8 Å². The second-order valence-electron chi connectivity index (χ2n) is 17.1. The van der Waals surface area contributed by atoms with Crippen molar-refractivity contribution in [3.05, 3.63) is 50.6 Å². The molecule has 0 spiro atoms. The lowest BCUT2D eigenvalue weighted by atomic mass is 9.88. The largest absolute Gasteiger partial charge is 0.461 e. The number of ether oxygens (including phenoxy) is 10. The molecule has 4 N–H and O–H groups in total. The summed E-state index contributed by atoms with van der Waals surface area (Å²) in [5.74, 6) is -2.53. The first-order valence-electron chi connectivity index (χ1n) is 23.3. The van der Waals surface area contributed by atoms with Crippen LogP contribution in [0.3, 0.4) is 0 Å². The third-order valence-corrected chi connectivity index (χ3v) is 17.7. The molecule has 0 saturated heterocycles. The van der Waals surface area contributed by atoms with Crippen molar-refractivity contribution in [2.75, 3.05) is 105 Å². The van der Waals surface area contributed by atoms with Gasteiger partial charge in [-0.3, -0.25) is 0 Å². The molecule has 0 aliphatic heterocycles. The molecule has 0 fully saturated rings. The van der Waals surface area contributed by atoms with E-state index in [0.717, 1.165) is 36.4 Å². The summed E-state index contributed by atoms with van der Waals surface area (Å²) in [6.07, 6.45) is 3.09. The molecule has 71 heavy (non-hydrogen) atoms. The number of amides is 4. The Morgan fingerprint density at radius 3 is 0.887 bits per heavy atom. The molecule has 0 aromatic rings. The van der Waals surface area contributed by atoms with E-state index in [1.165, 1.54) is 0 Å². The van der Waals surface area contributed by atoms with E-state index in [2.05, 4.69) is 73.8 Å². The Kier molecular flexibility index (Phi) is 34.1. The fourth-order valence-electron chi connectivity index (χ4n) is 6.02. The van der Waals surface area contributed by atoms with Gasteiger partial charge in [0.1, 0.15) is 52.9 Å². The first kappa shape index (κ1) is 65.2. The van der Waals surface area contributed by atoms with Crippen LogP contribution in [0.4, 0.5) is 19.2 Å². The van der Waals surface area contributed by atoms with Gasteiger partial charge in [-0.1, -0.05) is 40.2 Å². The van der Waals surface area contributed by atoms with E-state index in [-0.39, 0.29) is 92.2 Å². The predicted octanol–water partition coefficient (Wildman–Crippen LogP) is 4.84. The fourth-order valence-corrected chi connectivity index (χ4v) is 14.8. The van der Waals surface area contributed by atoms with E-state index in [4.69, 9.17) is 51.5 Å². The van der Waals surface area contributed by atoms with Crippen LogP contribution in [0.1, 0.15) is 39.5 Å². The topological polar surface area (TPSA) is 286 Å². The Labute approximate surface area is 419 Å². The second kappa shape index (κ2) is 37.1. The Hall–Kier alpha value is -5.77. The van der Waals surface area contributed by atoms with Crippen LogP contribution in [0.25, 0.3) is 0 Å². The van der Waals surface area contributed by atoms with E-state index in [1.54, 1.807) is 0 Å². The predicted molar refractivity (Wildman–Crippen MR) is 264 cm³/mol. The third-order valence-electron chi connectivity index (χ3n) is 10.2. The van der Waals surface area contributed by atoms with E-state index in [0.29, 0.717) is 38.9 Å². The zero-order chi connectivity index (χ0) is 53.6. The highest BCUT2D eigenvalue weighted by Gasteiger charge is 2.36. The number of carbonyl (C=O) groups excluding carboxylic acids is 8. The third kappa shape index (κ3) is 33.5. The molecule has 0 heterocycles. The summed E-state index contributed by atoms with van der Waals surface area (Å²) < 4.78 is 60.4. The minimum absolute atomic E-state index is 0.00126. The lowest BCUT2D eigenvalue weighted by Gasteiger charge is -2.35. The quantitative estimate of drug-likeness (QED) is 0.0210. The Morgan fingerprint density at radius 1 is 0.408 bits per heavy atom. The summed E-state index contributed by atoms with van der Waals surface area (Å²) in [4.78, 5) is 95.1. The molecule has 23 nitrogen and oxygen atoms in total. The molecular weight excluding hydrogens is 969 g/mol. The summed E-state index contributed by atoms with van der Waals surface area (Å²) in [5.41, 5.74) is -1.84. The normalized spacial score (nSPS) is 11.4. The van der Waals surface area contributed by atoms with Crippen molar-refractivity contribution in [2.24, 2.45) is 10.8 Å². The van der Waals surface area contributed by atoms with Crippen molar-refractivity contribution in [3.63, 3.8) is 0 Å². The van der Waals surface area contributed by atoms with Gasteiger partial charge in [-0.15, -0.1) is 0 Å². The zero-order valence-corrected chi connectivity index (χ0v) is 44.5. The van der Waals surface area contributed by atoms with E-state index in [1.807, 2.05) is 13.8 Å². The van der Waals surface area contributed by atoms with Gasteiger partial charge in [0, 0.05) is 37.5 Å². The van der Waals surface area contributed by atoms with Gasteiger partial charge in [0.15, 0.2) is 16.6 Å². The van der Waals surface area contributed by atoms with Crippen LogP contribution in [0.2, 0.25) is 38.3 Å². The molecule has 4 amide bonds. The zero-order valence-electron chi connectivity index (χ0n) is 42.5. The molecule has 0 aliphatic carbocycles. The molecule has 0 unspecified atom stereocenters. The lowest BCUT2D eigenvalue weighted by Crippen LogP contribution is -2.44. The smallest absolute Gasteiger partial charge is 0.407 e. The molecule has 0 saturated carbocycles. The van der Waals surface area contributed by atoms with Crippen LogP contribution >= 0.6 is 0 Å². The first-order chi connectivity index (χ1) is 33.6. The van der Waals surface area contributed by atoms with Crippen molar-refractivity contribution in [3.8, 4) is 0 Å². The maximum atomic E-state index is 12.5. The number of hydrogen-bond acceptors (Lipinski definition) is 19. The van der Waals surface area contributed by atoms with E-state index < -0.39 is 75.7 Å². The minimum Gasteiger partial charge on any atom is -0.461 e. The molecule has 0 radical (unpaired) electrons. The maximum absolute atomic E-state index is 12.5. The molecule has 0 aromatic carbocycles. The summed E-state index contributed by atoms with van der Waals surface area (Å²) in [7, 11) is -4.39. The number of rotatable bonds is 40. The molecule has 0 rings (SSSR count). The van der Waals surface area contributed by atoms with Crippen molar-refractivity contribution < 1.29 is 89.8 Å². The standard InChI is InChI=1S/C46H78N4O19Si2/c1-11-37(51)61-25-19-47-41(55)65-33-45(15-5,34-66-42(56)48-20-26-62-38(52)12-2)31-59-23-17-29-70(7,8)69-71(9,10)30-18-24-60-32-46(16-6,35-67-43(57)49-21-27-63-39(53)13-3)36-68-44(58)50-22-28-64-40(54)14-4/h11-14H,1-4,15-36H2,5-10H3,(H,47,55)(H,48,56)(H,49,57)(H,50,58). The van der Waals surface area contributed by atoms with Crippen LogP contribution in [0.5, 0.6) is 0 Å². The van der Waals surface area contributed by atoms with Crippen molar-refractivity contribution >= 4 is 64.9 Å². The van der Waals surface area contributed by atoms with Gasteiger partial charge in [0.2, 0.25) is 0 Å². The Balaban J connectivity index is 5.35. The summed E-state index contributed by atoms with van der Waals surface area (Å²) in [6, 6.07) is 1.56. The molecule has 0 atom stereocenters. The lowest BCUT2D eigenvalue weighted by molar-refractivity contribution is -0.138. The average Bonchev–Trinajstić information content (AvgIpc) is 3.34. The van der Waals surface area contributed by atoms with Gasteiger partial charge in [-0.05, 0) is 64.0 Å². The fraction of sp³-hybridized carbons (Fsp3) is 0.652. The van der Waals surface area contributed by atoms with Crippen LogP contribution < -0.4 is 21.3 Å². The molecule has 0 bridgehead atoms. The van der Waals surface area contributed by atoms with Crippen molar-refractivity contribution in [1.29, 1.82) is 0 Å². The number of carbonyl (C=O) groups is 8. The van der Waals surface area contributed by atoms with Crippen LogP contribution in [0.15, 0.2) is 50.6 Å². The molecular formula is C46H78N4O19Si2. The van der Waals surface area contributed by atoms with Gasteiger partial charge in [-0.25, -0.2) is 38.4 Å². The number of esters is 4. The second-order valence-corrected chi connectivity index (χ2v) is 26.0. The van der Waals surface area contributed by atoms with E-state index in [9.17, 15) is 38.4 Å². The van der Waals surface area contributed by atoms with Crippen LogP contribution in [-0.4, -0.2) is 170 Å². The average molecular weight is 1050 g/mol.